The third-order valence-corrected chi connectivity index (χ3v) is 6.79. The van der Waals surface area contributed by atoms with Gasteiger partial charge in [0.05, 0.1) is 7.11 Å². The van der Waals surface area contributed by atoms with Crippen molar-refractivity contribution in [2.75, 3.05) is 20.2 Å². The van der Waals surface area contributed by atoms with Gasteiger partial charge in [-0.05, 0) is 55.0 Å². The molecular weight excluding hydrogens is 466 g/mol. The van der Waals surface area contributed by atoms with Crippen LogP contribution in [0.15, 0.2) is 84.9 Å². The summed E-state index contributed by atoms with van der Waals surface area (Å²) in [5.41, 5.74) is 2.08. The lowest BCUT2D eigenvalue weighted by Crippen LogP contribution is -2.46. The number of benzene rings is 3. The number of carbonyl (C=O) groups is 3. The predicted octanol–water partition coefficient (Wildman–Crippen LogP) is 4.21. The highest BCUT2D eigenvalue weighted by atomic mass is 16.5. The zero-order valence-corrected chi connectivity index (χ0v) is 21.4. The maximum absolute atomic E-state index is 13.4. The molecule has 1 aliphatic heterocycles. The van der Waals surface area contributed by atoms with Crippen molar-refractivity contribution in [3.05, 3.63) is 102 Å². The minimum Gasteiger partial charge on any atom is -0.497 e. The van der Waals surface area contributed by atoms with Crippen molar-refractivity contribution in [1.29, 1.82) is 0 Å². The molecule has 0 bridgehead atoms. The van der Waals surface area contributed by atoms with Gasteiger partial charge < -0.3 is 15.0 Å². The molecule has 1 atom stereocenters. The molecule has 1 saturated heterocycles. The summed E-state index contributed by atoms with van der Waals surface area (Å²) in [5.74, 6) is 0.127. The van der Waals surface area contributed by atoms with Crippen LogP contribution >= 0.6 is 0 Å². The fourth-order valence-electron chi connectivity index (χ4n) is 4.49. The van der Waals surface area contributed by atoms with E-state index >= 15 is 0 Å². The van der Waals surface area contributed by atoms with Crippen LogP contribution in [0.3, 0.4) is 0 Å². The average molecular weight is 500 g/mol. The normalized spacial score (nSPS) is 17.0. The van der Waals surface area contributed by atoms with E-state index in [1.165, 1.54) is 0 Å². The van der Waals surface area contributed by atoms with Gasteiger partial charge in [-0.3, -0.25) is 14.5 Å². The molecule has 4 rings (SSSR count). The number of ether oxygens (including phenoxy) is 1. The van der Waals surface area contributed by atoms with E-state index < -0.39 is 11.6 Å². The Balaban J connectivity index is 1.42. The molecule has 192 valence electrons. The number of aryl methyl sites for hydroxylation is 1. The average Bonchev–Trinajstić information content (AvgIpc) is 3.14. The summed E-state index contributed by atoms with van der Waals surface area (Å²) in [4.78, 5) is 42.3. The van der Waals surface area contributed by atoms with Gasteiger partial charge in [-0.25, -0.2) is 4.79 Å². The van der Waals surface area contributed by atoms with Crippen molar-refractivity contribution in [2.24, 2.45) is 0 Å². The summed E-state index contributed by atoms with van der Waals surface area (Å²) < 4.78 is 5.19. The number of methoxy groups -OCH3 is 1. The molecule has 4 amide bonds. The fraction of sp³-hybridized carbons (Fsp3) is 0.300. The summed E-state index contributed by atoms with van der Waals surface area (Å²) in [6, 6.07) is 26.8. The Kier molecular flexibility index (Phi) is 8.23. The number of rotatable bonds is 11. The van der Waals surface area contributed by atoms with Crippen LogP contribution in [-0.4, -0.2) is 53.4 Å². The minimum absolute atomic E-state index is 0.261. The molecule has 7 heteroatoms. The van der Waals surface area contributed by atoms with E-state index in [1.54, 1.807) is 18.9 Å². The van der Waals surface area contributed by atoms with Crippen LogP contribution in [0.1, 0.15) is 30.0 Å². The van der Waals surface area contributed by atoms with Crippen molar-refractivity contribution in [2.45, 2.75) is 38.3 Å². The number of amides is 4. The first-order valence-corrected chi connectivity index (χ1v) is 12.5. The van der Waals surface area contributed by atoms with E-state index in [2.05, 4.69) is 5.32 Å². The molecule has 7 nitrogen and oxygen atoms in total. The van der Waals surface area contributed by atoms with Gasteiger partial charge in [-0.1, -0.05) is 72.8 Å². The number of imide groups is 1. The zero-order chi connectivity index (χ0) is 26.3. The van der Waals surface area contributed by atoms with Crippen LogP contribution in [0.4, 0.5) is 4.79 Å². The smallest absolute Gasteiger partial charge is 0.325 e. The second kappa shape index (κ2) is 11.7. The molecule has 1 N–H and O–H groups in total. The van der Waals surface area contributed by atoms with Crippen LogP contribution in [0.25, 0.3) is 0 Å². The molecule has 0 radical (unpaired) electrons. The van der Waals surface area contributed by atoms with Crippen LogP contribution in [0.5, 0.6) is 5.75 Å². The SMILES string of the molecule is COc1ccc(CCC2(C)NC(=O)N(CC(=O)N(CCc3ccccc3)Cc3ccccc3)C2=O)cc1. The zero-order valence-electron chi connectivity index (χ0n) is 21.4. The highest BCUT2D eigenvalue weighted by Crippen LogP contribution is 2.24. The monoisotopic (exact) mass is 499 g/mol. The van der Waals surface area contributed by atoms with E-state index in [1.807, 2.05) is 84.9 Å². The van der Waals surface area contributed by atoms with Gasteiger partial charge in [0.2, 0.25) is 5.91 Å². The maximum atomic E-state index is 13.4. The van der Waals surface area contributed by atoms with E-state index in [0.717, 1.165) is 27.3 Å². The van der Waals surface area contributed by atoms with Crippen LogP contribution in [0.2, 0.25) is 0 Å². The first-order valence-electron chi connectivity index (χ1n) is 12.5. The lowest BCUT2D eigenvalue weighted by molar-refractivity contribution is -0.139. The number of carbonyl (C=O) groups excluding carboxylic acids is 3. The van der Waals surface area contributed by atoms with Crippen LogP contribution in [-0.2, 0) is 29.0 Å². The molecule has 1 heterocycles. The molecule has 37 heavy (non-hydrogen) atoms. The van der Waals surface area contributed by atoms with Crippen LogP contribution < -0.4 is 10.1 Å². The Morgan fingerprint density at radius 1 is 0.865 bits per heavy atom. The predicted molar refractivity (Wildman–Crippen MR) is 142 cm³/mol. The van der Waals surface area contributed by atoms with Gasteiger partial charge in [0, 0.05) is 13.1 Å². The lowest BCUT2D eigenvalue weighted by atomic mass is 9.93. The number of nitrogens with one attached hydrogen (secondary N) is 1. The van der Waals surface area contributed by atoms with E-state index in [-0.39, 0.29) is 18.4 Å². The van der Waals surface area contributed by atoms with Gasteiger partial charge in [-0.15, -0.1) is 0 Å². The standard InChI is InChI=1S/C30H33N3O4/c1-30(19-17-24-13-15-26(37-2)16-14-24)28(35)33(29(36)31-30)22-27(34)32(21-25-11-7-4-8-12-25)20-18-23-9-5-3-6-10-23/h3-16H,17-22H2,1-2H3,(H,31,36). The summed E-state index contributed by atoms with van der Waals surface area (Å²) in [6.45, 7) is 2.32. The number of hydrogen-bond donors (Lipinski definition) is 1. The Morgan fingerprint density at radius 3 is 2.08 bits per heavy atom. The van der Waals surface area contributed by atoms with Gasteiger partial charge in [0.25, 0.3) is 5.91 Å². The molecule has 0 aliphatic carbocycles. The molecule has 3 aromatic rings. The summed E-state index contributed by atoms with van der Waals surface area (Å²) in [5, 5.41) is 2.82. The van der Waals surface area contributed by atoms with Gasteiger partial charge in [0.15, 0.2) is 0 Å². The van der Waals surface area contributed by atoms with Gasteiger partial charge >= 0.3 is 6.03 Å². The Morgan fingerprint density at radius 2 is 1.46 bits per heavy atom. The second-order valence-electron chi connectivity index (χ2n) is 9.54. The Hall–Kier alpha value is -4.13. The molecule has 0 aromatic heterocycles. The third kappa shape index (κ3) is 6.55. The minimum atomic E-state index is -1.06. The molecule has 1 aliphatic rings. The van der Waals surface area contributed by atoms with E-state index in [0.29, 0.717) is 32.4 Å². The Labute approximate surface area is 218 Å². The first kappa shape index (κ1) is 25.9. The van der Waals surface area contributed by atoms with Crippen LogP contribution in [0, 0.1) is 0 Å². The Bertz CT molecular complexity index is 1210. The van der Waals surface area contributed by atoms with Crippen molar-refractivity contribution >= 4 is 17.8 Å². The molecule has 0 saturated carbocycles. The van der Waals surface area contributed by atoms with E-state index in [4.69, 9.17) is 4.74 Å². The van der Waals surface area contributed by atoms with Crippen molar-refractivity contribution in [1.82, 2.24) is 15.1 Å². The largest absolute Gasteiger partial charge is 0.497 e. The second-order valence-corrected chi connectivity index (χ2v) is 9.54. The third-order valence-electron chi connectivity index (χ3n) is 6.79. The van der Waals surface area contributed by atoms with E-state index in [9.17, 15) is 14.4 Å². The van der Waals surface area contributed by atoms with Gasteiger partial charge in [0.1, 0.15) is 17.8 Å². The van der Waals surface area contributed by atoms with Crippen molar-refractivity contribution in [3.8, 4) is 5.75 Å². The molecule has 3 aromatic carbocycles. The summed E-state index contributed by atoms with van der Waals surface area (Å²) in [6.07, 6.45) is 1.71. The van der Waals surface area contributed by atoms with Crippen molar-refractivity contribution < 1.29 is 19.1 Å². The maximum Gasteiger partial charge on any atom is 0.325 e. The first-order chi connectivity index (χ1) is 17.9. The lowest BCUT2D eigenvalue weighted by Gasteiger charge is -2.26. The fourth-order valence-corrected chi connectivity index (χ4v) is 4.49. The number of urea groups is 1. The van der Waals surface area contributed by atoms with Crippen molar-refractivity contribution in [3.63, 3.8) is 0 Å². The molecule has 1 fully saturated rings. The topological polar surface area (TPSA) is 79.0 Å². The van der Waals surface area contributed by atoms with Gasteiger partial charge in [-0.2, -0.15) is 0 Å². The number of nitrogens with zero attached hydrogens (tertiary/aromatic N) is 2. The summed E-state index contributed by atoms with van der Waals surface area (Å²) in [7, 11) is 1.61. The molecular formula is C30H33N3O4. The number of hydrogen-bond acceptors (Lipinski definition) is 4. The highest BCUT2D eigenvalue weighted by molar-refractivity contribution is 6.08. The summed E-state index contributed by atoms with van der Waals surface area (Å²) >= 11 is 0. The molecule has 1 unspecified atom stereocenters. The molecule has 0 spiro atoms. The quantitative estimate of drug-likeness (QED) is 0.401. The highest BCUT2D eigenvalue weighted by Gasteiger charge is 2.48.